The summed E-state index contributed by atoms with van der Waals surface area (Å²) in [5.74, 6) is 1.48. The predicted molar refractivity (Wildman–Crippen MR) is 110 cm³/mol. The Bertz CT molecular complexity index is 673. The average Bonchev–Trinajstić information content (AvgIpc) is 2.70. The van der Waals surface area contributed by atoms with Crippen LogP contribution < -0.4 is 0 Å². The van der Waals surface area contributed by atoms with Crippen LogP contribution in [0, 0.1) is 5.92 Å². The fraction of sp³-hybridized carbons (Fsp3) is 0.440. The van der Waals surface area contributed by atoms with Crippen molar-refractivity contribution in [2.24, 2.45) is 5.92 Å². The maximum Gasteiger partial charge on any atom is 0.0827 e. The van der Waals surface area contributed by atoms with E-state index in [4.69, 9.17) is 0 Å². The van der Waals surface area contributed by atoms with Crippen molar-refractivity contribution in [3.8, 4) is 11.1 Å². The fourth-order valence-corrected chi connectivity index (χ4v) is 4.28. The van der Waals surface area contributed by atoms with Crippen LogP contribution in [-0.4, -0.2) is 0 Å². The maximum atomic E-state index is 12.1. The third kappa shape index (κ3) is 5.06. The molecule has 3 rings (SSSR count). The summed E-state index contributed by atoms with van der Waals surface area (Å²) in [7, 11) is 0. The maximum absolute atomic E-state index is 12.1. The Balaban J connectivity index is 1.56. The van der Waals surface area contributed by atoms with E-state index in [1.54, 1.807) is 6.08 Å². The van der Waals surface area contributed by atoms with Gasteiger partial charge in [-0.25, -0.2) is 4.39 Å². The summed E-state index contributed by atoms with van der Waals surface area (Å²) < 4.78 is 12.1. The minimum absolute atomic E-state index is 0.685. The molecular formula is C25H31F. The Morgan fingerprint density at radius 3 is 2.08 bits per heavy atom. The van der Waals surface area contributed by atoms with Gasteiger partial charge in [0.15, 0.2) is 0 Å². The molecule has 0 bridgehead atoms. The van der Waals surface area contributed by atoms with E-state index in [2.05, 4.69) is 55.5 Å². The Morgan fingerprint density at radius 2 is 1.50 bits per heavy atom. The normalized spacial score (nSPS) is 20.5. The Kier molecular flexibility index (Phi) is 7.05. The summed E-state index contributed by atoms with van der Waals surface area (Å²) in [5.41, 5.74) is 5.52. The van der Waals surface area contributed by atoms with Crippen molar-refractivity contribution in [2.45, 2.75) is 64.2 Å². The van der Waals surface area contributed by atoms with Crippen LogP contribution in [0.15, 0.2) is 60.9 Å². The van der Waals surface area contributed by atoms with Gasteiger partial charge in [0.05, 0.1) is 6.33 Å². The molecule has 0 aromatic heterocycles. The molecule has 1 saturated carbocycles. The van der Waals surface area contributed by atoms with Crippen LogP contribution in [0.1, 0.15) is 68.9 Å². The molecule has 1 aliphatic carbocycles. The van der Waals surface area contributed by atoms with Crippen molar-refractivity contribution in [1.29, 1.82) is 0 Å². The van der Waals surface area contributed by atoms with Crippen LogP contribution in [-0.2, 0) is 6.42 Å². The highest BCUT2D eigenvalue weighted by Gasteiger charge is 2.21. The van der Waals surface area contributed by atoms with Gasteiger partial charge in [-0.1, -0.05) is 68.0 Å². The Labute approximate surface area is 158 Å². The number of allylic oxidation sites excluding steroid dienone is 1. The number of rotatable bonds is 7. The van der Waals surface area contributed by atoms with Gasteiger partial charge in [-0.05, 0) is 79.0 Å². The Hall–Kier alpha value is -1.89. The highest BCUT2D eigenvalue weighted by Crippen LogP contribution is 2.38. The van der Waals surface area contributed by atoms with E-state index in [9.17, 15) is 4.39 Å². The number of benzene rings is 2. The minimum atomic E-state index is 0.685. The lowest BCUT2D eigenvalue weighted by Crippen LogP contribution is -2.13. The molecule has 1 aliphatic rings. The van der Waals surface area contributed by atoms with Crippen LogP contribution in [0.3, 0.4) is 0 Å². The van der Waals surface area contributed by atoms with Gasteiger partial charge in [0.1, 0.15) is 0 Å². The van der Waals surface area contributed by atoms with E-state index >= 15 is 0 Å². The second-order valence-corrected chi connectivity index (χ2v) is 7.73. The first kappa shape index (κ1) is 18.9. The van der Waals surface area contributed by atoms with Crippen molar-refractivity contribution in [1.82, 2.24) is 0 Å². The van der Waals surface area contributed by atoms with Gasteiger partial charge in [-0.3, -0.25) is 0 Å². The molecule has 0 N–H and O–H groups in total. The van der Waals surface area contributed by atoms with Crippen molar-refractivity contribution >= 4 is 0 Å². The highest BCUT2D eigenvalue weighted by atomic mass is 19.1. The van der Waals surface area contributed by atoms with E-state index < -0.39 is 0 Å². The molecule has 0 radical (unpaired) electrons. The molecule has 0 spiro atoms. The third-order valence-corrected chi connectivity index (χ3v) is 5.89. The first-order valence-corrected chi connectivity index (χ1v) is 10.2. The fourth-order valence-electron chi connectivity index (χ4n) is 4.28. The van der Waals surface area contributed by atoms with E-state index in [0.29, 0.717) is 12.2 Å². The summed E-state index contributed by atoms with van der Waals surface area (Å²) in [6, 6.07) is 18.2. The molecule has 0 aliphatic heterocycles. The first-order valence-electron chi connectivity index (χ1n) is 10.2. The van der Waals surface area contributed by atoms with Gasteiger partial charge >= 0.3 is 0 Å². The second-order valence-electron chi connectivity index (χ2n) is 7.73. The lowest BCUT2D eigenvalue weighted by Gasteiger charge is -2.28. The van der Waals surface area contributed by atoms with Crippen molar-refractivity contribution in [3.63, 3.8) is 0 Å². The summed E-state index contributed by atoms with van der Waals surface area (Å²) in [5, 5.41) is 0. The van der Waals surface area contributed by atoms with E-state index in [-0.39, 0.29) is 0 Å². The van der Waals surface area contributed by atoms with Gasteiger partial charge in [-0.2, -0.15) is 0 Å². The monoisotopic (exact) mass is 350 g/mol. The van der Waals surface area contributed by atoms with E-state index in [0.717, 1.165) is 25.2 Å². The summed E-state index contributed by atoms with van der Waals surface area (Å²) in [6.45, 7) is 2.22. The highest BCUT2D eigenvalue weighted by molar-refractivity contribution is 5.64. The van der Waals surface area contributed by atoms with Gasteiger partial charge in [0.2, 0.25) is 0 Å². The van der Waals surface area contributed by atoms with Crippen LogP contribution in [0.5, 0.6) is 0 Å². The quantitative estimate of drug-likeness (QED) is 0.477. The van der Waals surface area contributed by atoms with Crippen molar-refractivity contribution in [2.75, 3.05) is 0 Å². The Morgan fingerprint density at radius 1 is 0.885 bits per heavy atom. The number of hydrogen-bond acceptors (Lipinski definition) is 0. The molecule has 2 aromatic carbocycles. The average molecular weight is 351 g/mol. The third-order valence-electron chi connectivity index (χ3n) is 5.89. The van der Waals surface area contributed by atoms with Gasteiger partial charge in [-0.15, -0.1) is 0 Å². The molecular weight excluding hydrogens is 319 g/mol. The summed E-state index contributed by atoms with van der Waals surface area (Å²) in [4.78, 5) is 0. The van der Waals surface area contributed by atoms with Crippen LogP contribution in [0.25, 0.3) is 11.1 Å². The first-order chi connectivity index (χ1) is 12.8. The number of aryl methyl sites for hydroxylation is 1. The van der Waals surface area contributed by atoms with Crippen molar-refractivity contribution in [3.05, 3.63) is 72.1 Å². The van der Waals surface area contributed by atoms with E-state index in [1.165, 1.54) is 54.4 Å². The predicted octanol–water partition coefficient (Wildman–Crippen LogP) is 7.84. The van der Waals surface area contributed by atoms with Gasteiger partial charge in [0.25, 0.3) is 0 Å². The smallest absolute Gasteiger partial charge is 0.0827 e. The van der Waals surface area contributed by atoms with Gasteiger partial charge in [0, 0.05) is 0 Å². The number of halogens is 1. The molecule has 1 fully saturated rings. The van der Waals surface area contributed by atoms with Crippen LogP contribution in [0.4, 0.5) is 4.39 Å². The standard InChI is InChI=1S/C25H31F/c1-2-5-20-7-11-22(12-8-20)24-15-17-25(18-16-24)23-13-9-21(10-14-23)6-3-4-19-26/h4,7-8,11-12,15-19,21,23H,2-3,5-6,9-10,13-14H2,1H3. The number of hydrogen-bond donors (Lipinski definition) is 0. The molecule has 0 nitrogen and oxygen atoms in total. The molecule has 0 unspecified atom stereocenters. The molecule has 138 valence electrons. The molecule has 0 atom stereocenters. The lowest BCUT2D eigenvalue weighted by atomic mass is 9.77. The zero-order valence-corrected chi connectivity index (χ0v) is 16.0. The summed E-state index contributed by atoms with van der Waals surface area (Å²) >= 11 is 0. The molecule has 0 saturated heterocycles. The zero-order chi connectivity index (χ0) is 18.2. The second kappa shape index (κ2) is 9.71. The lowest BCUT2D eigenvalue weighted by molar-refractivity contribution is 0.311. The molecule has 26 heavy (non-hydrogen) atoms. The largest absolute Gasteiger partial charge is 0.216 e. The molecule has 1 heteroatoms. The van der Waals surface area contributed by atoms with Crippen molar-refractivity contribution < 1.29 is 4.39 Å². The topological polar surface area (TPSA) is 0 Å². The van der Waals surface area contributed by atoms with Crippen LogP contribution >= 0.6 is 0 Å². The van der Waals surface area contributed by atoms with Gasteiger partial charge < -0.3 is 0 Å². The molecule has 0 heterocycles. The SMILES string of the molecule is CCCc1ccc(-c2ccc(C3CCC(CCC=CF)CC3)cc2)cc1. The van der Waals surface area contributed by atoms with Crippen LogP contribution in [0.2, 0.25) is 0 Å². The molecule has 0 amide bonds. The van der Waals surface area contributed by atoms with E-state index in [1.807, 2.05) is 0 Å². The summed E-state index contributed by atoms with van der Waals surface area (Å²) in [6.07, 6.45) is 11.8. The zero-order valence-electron chi connectivity index (χ0n) is 16.0. The molecule has 2 aromatic rings. The minimum Gasteiger partial charge on any atom is -0.216 e.